The fourth-order valence-electron chi connectivity index (χ4n) is 5.79. The molecule has 1 saturated heterocycles. The van der Waals surface area contributed by atoms with Gasteiger partial charge in [0.1, 0.15) is 13.2 Å². The Kier molecular flexibility index (Phi) is 3.06. The Morgan fingerprint density at radius 2 is 1.91 bits per heavy atom. The largest absolute Gasteiger partial charge is 0.504 e. The van der Waals surface area contributed by atoms with Crippen LogP contribution in [0.5, 0.6) is 17.2 Å². The Labute approximate surface area is 137 Å². The first-order valence-electron chi connectivity index (χ1n) is 9.18. The highest BCUT2D eigenvalue weighted by Gasteiger charge is 2.51. The average Bonchev–Trinajstić information content (AvgIpc) is 2.73. The smallest absolute Gasteiger partial charge is 0.203 e. The molecule has 5 rings (SSSR count). The van der Waals surface area contributed by atoms with Crippen molar-refractivity contribution >= 4 is 0 Å². The Balaban J connectivity index is 1.75. The number of benzene rings is 1. The van der Waals surface area contributed by atoms with Crippen LogP contribution in [0.3, 0.4) is 0 Å². The molecule has 1 unspecified atom stereocenters. The van der Waals surface area contributed by atoms with Crippen molar-refractivity contribution in [1.82, 2.24) is 5.32 Å². The number of rotatable bonds is 0. The summed E-state index contributed by atoms with van der Waals surface area (Å²) in [6.07, 6.45) is 8.67. The minimum atomic E-state index is 0.229. The summed E-state index contributed by atoms with van der Waals surface area (Å²) in [7, 11) is 0. The molecule has 0 aromatic heterocycles. The van der Waals surface area contributed by atoms with Gasteiger partial charge < -0.3 is 19.9 Å². The van der Waals surface area contributed by atoms with Crippen LogP contribution in [0.1, 0.15) is 49.7 Å². The zero-order chi connectivity index (χ0) is 15.4. The number of phenols is 1. The first-order chi connectivity index (χ1) is 11.3. The van der Waals surface area contributed by atoms with Crippen LogP contribution in [0, 0.1) is 5.92 Å². The van der Waals surface area contributed by atoms with Gasteiger partial charge in [0, 0.05) is 17.0 Å². The lowest BCUT2D eigenvalue weighted by Gasteiger charge is -2.51. The lowest BCUT2D eigenvalue weighted by atomic mass is 9.54. The van der Waals surface area contributed by atoms with Crippen molar-refractivity contribution in [3.63, 3.8) is 0 Å². The van der Waals surface area contributed by atoms with Gasteiger partial charge in [-0.25, -0.2) is 0 Å². The van der Waals surface area contributed by atoms with Crippen molar-refractivity contribution in [1.29, 1.82) is 0 Å². The Hall–Kier alpha value is -1.42. The molecule has 1 aromatic rings. The second-order valence-corrected chi connectivity index (χ2v) is 7.65. The fraction of sp³-hybridized carbons (Fsp3) is 0.684. The molecule has 2 N–H and O–H groups in total. The highest BCUT2D eigenvalue weighted by molar-refractivity contribution is 5.62. The second-order valence-electron chi connectivity index (χ2n) is 7.65. The number of fused-ring (bicyclic) bond motifs is 3. The molecule has 1 saturated carbocycles. The van der Waals surface area contributed by atoms with Gasteiger partial charge in [-0.15, -0.1) is 0 Å². The van der Waals surface area contributed by atoms with E-state index in [1.807, 2.05) is 6.07 Å². The summed E-state index contributed by atoms with van der Waals surface area (Å²) < 4.78 is 11.7. The van der Waals surface area contributed by atoms with E-state index in [9.17, 15) is 5.11 Å². The van der Waals surface area contributed by atoms with Crippen LogP contribution in [0.25, 0.3) is 0 Å². The van der Waals surface area contributed by atoms with E-state index < -0.39 is 0 Å². The van der Waals surface area contributed by atoms with Crippen molar-refractivity contribution in [2.24, 2.45) is 5.92 Å². The van der Waals surface area contributed by atoms with E-state index in [4.69, 9.17) is 9.47 Å². The van der Waals surface area contributed by atoms with Gasteiger partial charge in [0.15, 0.2) is 11.5 Å². The molecule has 3 atom stereocenters. The highest BCUT2D eigenvalue weighted by Crippen LogP contribution is 2.58. The van der Waals surface area contributed by atoms with Gasteiger partial charge in [-0.3, -0.25) is 0 Å². The van der Waals surface area contributed by atoms with Crippen molar-refractivity contribution in [2.45, 2.75) is 56.4 Å². The van der Waals surface area contributed by atoms with E-state index in [-0.39, 0.29) is 11.2 Å². The summed E-state index contributed by atoms with van der Waals surface area (Å²) in [6, 6.07) is 2.56. The molecule has 2 aliphatic heterocycles. The minimum Gasteiger partial charge on any atom is -0.504 e. The summed E-state index contributed by atoms with van der Waals surface area (Å²) in [5.41, 5.74) is 2.90. The van der Waals surface area contributed by atoms with Crippen LogP contribution in [0.15, 0.2) is 6.07 Å². The third kappa shape index (κ3) is 1.87. The number of hydrogen-bond acceptors (Lipinski definition) is 4. The van der Waals surface area contributed by atoms with Crippen LogP contribution in [-0.4, -0.2) is 30.9 Å². The average molecular weight is 315 g/mol. The molecule has 2 heterocycles. The predicted octanol–water partition coefficient (Wildman–Crippen LogP) is 2.90. The molecule has 0 radical (unpaired) electrons. The van der Waals surface area contributed by atoms with Crippen LogP contribution < -0.4 is 14.8 Å². The monoisotopic (exact) mass is 315 g/mol. The van der Waals surface area contributed by atoms with Gasteiger partial charge in [0.25, 0.3) is 0 Å². The van der Waals surface area contributed by atoms with Crippen molar-refractivity contribution < 1.29 is 14.6 Å². The minimum absolute atomic E-state index is 0.229. The first-order valence-corrected chi connectivity index (χ1v) is 9.18. The number of aromatic hydroxyl groups is 1. The maximum atomic E-state index is 10.5. The molecule has 1 aromatic carbocycles. The van der Waals surface area contributed by atoms with E-state index in [0.717, 1.165) is 18.7 Å². The lowest BCUT2D eigenvalue weighted by molar-refractivity contribution is 0.122. The maximum Gasteiger partial charge on any atom is 0.203 e. The van der Waals surface area contributed by atoms with Gasteiger partial charge in [0.05, 0.1) is 0 Å². The standard InChI is InChI=1S/C19H25NO3/c21-16-11-14-12(17-18(16)23-9-8-22-17)10-15-13-4-1-2-5-19(13,14)6-3-7-20-15/h11,13,15,20-21H,1-10H2/t13?,15-,19-/m0/s1. The highest BCUT2D eigenvalue weighted by atomic mass is 16.6. The molecule has 2 bridgehead atoms. The van der Waals surface area contributed by atoms with E-state index in [0.29, 0.717) is 30.9 Å². The summed E-state index contributed by atoms with van der Waals surface area (Å²) >= 11 is 0. The SMILES string of the molecule is Oc1cc2c(c3c1OCCO3)C[C@@H]1NCCC[C@]23CCCCC13. The third-order valence-electron chi connectivity index (χ3n) is 6.65. The molecule has 124 valence electrons. The van der Waals surface area contributed by atoms with Gasteiger partial charge in [-0.1, -0.05) is 12.8 Å². The lowest BCUT2D eigenvalue weighted by Crippen LogP contribution is -2.52. The molecule has 4 heteroatoms. The molecular formula is C19H25NO3. The maximum absolute atomic E-state index is 10.5. The number of ether oxygens (including phenoxy) is 2. The van der Waals surface area contributed by atoms with Crippen molar-refractivity contribution in [2.75, 3.05) is 19.8 Å². The van der Waals surface area contributed by atoms with E-state index in [2.05, 4.69) is 5.32 Å². The van der Waals surface area contributed by atoms with Gasteiger partial charge in [-0.05, 0) is 56.2 Å². The van der Waals surface area contributed by atoms with Crippen LogP contribution in [-0.2, 0) is 11.8 Å². The third-order valence-corrected chi connectivity index (χ3v) is 6.65. The molecule has 4 nitrogen and oxygen atoms in total. The quantitative estimate of drug-likeness (QED) is 0.773. The Morgan fingerprint density at radius 3 is 2.83 bits per heavy atom. The fourth-order valence-corrected chi connectivity index (χ4v) is 5.79. The number of nitrogens with one attached hydrogen (secondary N) is 1. The topological polar surface area (TPSA) is 50.7 Å². The van der Waals surface area contributed by atoms with Gasteiger partial charge in [-0.2, -0.15) is 0 Å². The molecular weight excluding hydrogens is 290 g/mol. The first kappa shape index (κ1) is 14.0. The summed E-state index contributed by atoms with van der Waals surface area (Å²) in [5.74, 6) is 2.36. The van der Waals surface area contributed by atoms with Crippen molar-refractivity contribution in [3.8, 4) is 17.2 Å². The summed E-state index contributed by atoms with van der Waals surface area (Å²) in [6.45, 7) is 2.22. The molecule has 2 aliphatic carbocycles. The van der Waals surface area contributed by atoms with E-state index >= 15 is 0 Å². The zero-order valence-corrected chi connectivity index (χ0v) is 13.6. The van der Waals surface area contributed by atoms with Gasteiger partial charge in [0.2, 0.25) is 5.75 Å². The molecule has 4 aliphatic rings. The van der Waals surface area contributed by atoms with E-state index in [1.54, 1.807) is 0 Å². The van der Waals surface area contributed by atoms with Crippen LogP contribution >= 0.6 is 0 Å². The molecule has 0 amide bonds. The Bertz CT molecular complexity index is 644. The zero-order valence-electron chi connectivity index (χ0n) is 13.6. The van der Waals surface area contributed by atoms with E-state index in [1.165, 1.54) is 49.7 Å². The van der Waals surface area contributed by atoms with Crippen molar-refractivity contribution in [3.05, 3.63) is 17.2 Å². The second kappa shape index (κ2) is 5.04. The number of phenolic OH excluding ortho intramolecular Hbond substituents is 1. The van der Waals surface area contributed by atoms with Crippen LogP contribution in [0.4, 0.5) is 0 Å². The normalized spacial score (nSPS) is 35.0. The molecule has 23 heavy (non-hydrogen) atoms. The predicted molar refractivity (Wildman–Crippen MR) is 87.5 cm³/mol. The Morgan fingerprint density at radius 1 is 1.09 bits per heavy atom. The van der Waals surface area contributed by atoms with Crippen LogP contribution in [0.2, 0.25) is 0 Å². The van der Waals surface area contributed by atoms with Gasteiger partial charge >= 0.3 is 0 Å². The summed E-state index contributed by atoms with van der Waals surface area (Å²) in [4.78, 5) is 0. The molecule has 2 fully saturated rings. The molecule has 0 spiro atoms. The summed E-state index contributed by atoms with van der Waals surface area (Å²) in [5, 5.41) is 14.4. The number of hydrogen-bond donors (Lipinski definition) is 2.